The molecule has 0 aromatic rings. The standard InChI is InChI=1S/C5H2F10O/c6-1-16-5(14,15)3(9,10)2(7,8)4(11,12)13/h1H2. The Hall–Kier alpha value is -0.740. The second-order valence-electron chi connectivity index (χ2n) is 2.42. The second kappa shape index (κ2) is 3.93. The number of hydrogen-bond acceptors (Lipinski definition) is 1. The SMILES string of the molecule is FCOC(F)(F)C(F)(F)C(F)(F)C(F)(F)F. The first kappa shape index (κ1) is 15.3. The molecule has 0 aromatic carbocycles. The van der Waals surface area contributed by atoms with Gasteiger partial charge in [0.1, 0.15) is 0 Å². The summed E-state index contributed by atoms with van der Waals surface area (Å²) in [6, 6.07) is 0. The molecule has 0 rings (SSSR count). The van der Waals surface area contributed by atoms with Gasteiger partial charge in [0, 0.05) is 0 Å². The zero-order valence-electron chi connectivity index (χ0n) is 6.89. The topological polar surface area (TPSA) is 9.23 Å². The van der Waals surface area contributed by atoms with Crippen LogP contribution >= 0.6 is 0 Å². The smallest absolute Gasteiger partial charge is 0.283 e. The molecule has 0 heterocycles. The van der Waals surface area contributed by atoms with Crippen LogP contribution in [0.15, 0.2) is 0 Å². The van der Waals surface area contributed by atoms with Gasteiger partial charge in [-0.25, -0.2) is 4.39 Å². The maximum absolute atomic E-state index is 12.2. The van der Waals surface area contributed by atoms with E-state index in [1.54, 1.807) is 0 Å². The predicted molar refractivity (Wildman–Crippen MR) is 28.0 cm³/mol. The van der Waals surface area contributed by atoms with Crippen LogP contribution in [-0.2, 0) is 4.74 Å². The van der Waals surface area contributed by atoms with Gasteiger partial charge < -0.3 is 0 Å². The highest BCUT2D eigenvalue weighted by molar-refractivity contribution is 4.96. The molecule has 0 fully saturated rings. The molecule has 0 saturated carbocycles. The van der Waals surface area contributed by atoms with Crippen molar-refractivity contribution >= 4 is 0 Å². The van der Waals surface area contributed by atoms with Crippen LogP contribution in [0.5, 0.6) is 0 Å². The van der Waals surface area contributed by atoms with Crippen LogP contribution in [-0.4, -0.2) is 31.0 Å². The summed E-state index contributed by atoms with van der Waals surface area (Å²) in [6.07, 6.45) is -13.2. The van der Waals surface area contributed by atoms with Crippen molar-refractivity contribution in [1.82, 2.24) is 0 Å². The minimum atomic E-state index is -7.06. The molecule has 0 N–H and O–H groups in total. The summed E-state index contributed by atoms with van der Waals surface area (Å²) in [5.41, 5.74) is 0. The molecule has 11 heteroatoms. The average Bonchev–Trinajstić information content (AvgIpc) is 2.01. The van der Waals surface area contributed by atoms with Crippen LogP contribution in [0.1, 0.15) is 0 Å². The molecule has 98 valence electrons. The van der Waals surface area contributed by atoms with Crippen molar-refractivity contribution in [2.24, 2.45) is 0 Å². The Morgan fingerprint density at radius 1 is 0.688 bits per heavy atom. The number of hydrogen-bond donors (Lipinski definition) is 0. The van der Waals surface area contributed by atoms with Crippen LogP contribution in [0, 0.1) is 0 Å². The van der Waals surface area contributed by atoms with Crippen molar-refractivity contribution in [3.8, 4) is 0 Å². The summed E-state index contributed by atoms with van der Waals surface area (Å²) in [7, 11) is 0. The van der Waals surface area contributed by atoms with E-state index in [0.717, 1.165) is 0 Å². The van der Waals surface area contributed by atoms with Crippen LogP contribution in [0.2, 0.25) is 0 Å². The highest BCUT2D eigenvalue weighted by Crippen LogP contribution is 2.53. The minimum Gasteiger partial charge on any atom is -0.283 e. The molecule has 0 amide bonds. The van der Waals surface area contributed by atoms with E-state index in [2.05, 4.69) is 4.74 Å². The third-order valence-corrected chi connectivity index (χ3v) is 1.35. The van der Waals surface area contributed by atoms with E-state index in [4.69, 9.17) is 0 Å². The Morgan fingerprint density at radius 2 is 1.06 bits per heavy atom. The van der Waals surface area contributed by atoms with Crippen molar-refractivity contribution in [2.45, 2.75) is 24.1 Å². The molecule has 0 spiro atoms. The Morgan fingerprint density at radius 3 is 1.31 bits per heavy atom. The van der Waals surface area contributed by atoms with Crippen molar-refractivity contribution in [3.63, 3.8) is 0 Å². The molecular weight excluding hydrogens is 266 g/mol. The average molecular weight is 268 g/mol. The van der Waals surface area contributed by atoms with Gasteiger partial charge in [-0.05, 0) is 0 Å². The first-order valence-electron chi connectivity index (χ1n) is 3.21. The maximum Gasteiger partial charge on any atom is 0.460 e. The summed E-state index contributed by atoms with van der Waals surface area (Å²) in [4.78, 5) is 0. The van der Waals surface area contributed by atoms with E-state index in [-0.39, 0.29) is 0 Å². The molecule has 0 aliphatic carbocycles. The molecule has 0 aromatic heterocycles. The van der Waals surface area contributed by atoms with Gasteiger partial charge in [0.15, 0.2) is 6.86 Å². The van der Waals surface area contributed by atoms with Crippen LogP contribution in [0.4, 0.5) is 43.9 Å². The first-order chi connectivity index (χ1) is 6.81. The van der Waals surface area contributed by atoms with Crippen molar-refractivity contribution in [1.29, 1.82) is 0 Å². The molecule has 0 atom stereocenters. The van der Waals surface area contributed by atoms with E-state index >= 15 is 0 Å². The zero-order valence-corrected chi connectivity index (χ0v) is 6.89. The van der Waals surface area contributed by atoms with Crippen molar-refractivity contribution in [3.05, 3.63) is 0 Å². The lowest BCUT2D eigenvalue weighted by molar-refractivity contribution is -0.447. The Labute approximate surface area is 81.0 Å². The Balaban J connectivity index is 5.34. The van der Waals surface area contributed by atoms with Gasteiger partial charge >= 0.3 is 24.1 Å². The van der Waals surface area contributed by atoms with Gasteiger partial charge in [0.25, 0.3) is 0 Å². The molecule has 0 aliphatic heterocycles. The fourth-order valence-electron chi connectivity index (χ4n) is 0.520. The lowest BCUT2D eigenvalue weighted by atomic mass is 10.1. The molecule has 0 unspecified atom stereocenters. The molecule has 0 radical (unpaired) electrons. The van der Waals surface area contributed by atoms with Crippen molar-refractivity contribution < 1.29 is 48.6 Å². The van der Waals surface area contributed by atoms with Gasteiger partial charge in [-0.15, -0.1) is 0 Å². The van der Waals surface area contributed by atoms with Gasteiger partial charge in [-0.3, -0.25) is 4.74 Å². The molecule has 0 bridgehead atoms. The van der Waals surface area contributed by atoms with E-state index in [9.17, 15) is 43.9 Å². The predicted octanol–water partition coefficient (Wildman–Crippen LogP) is 3.36. The lowest BCUT2D eigenvalue weighted by Gasteiger charge is -2.32. The maximum atomic E-state index is 12.2. The number of rotatable bonds is 4. The fourth-order valence-corrected chi connectivity index (χ4v) is 0.520. The van der Waals surface area contributed by atoms with E-state index in [0.29, 0.717) is 0 Å². The zero-order chi connectivity index (χ0) is 13.4. The quantitative estimate of drug-likeness (QED) is 0.710. The molecule has 0 saturated heterocycles. The minimum absolute atomic E-state index is 2.25. The van der Waals surface area contributed by atoms with Gasteiger partial charge in [-0.2, -0.15) is 39.5 Å². The molecule has 0 aliphatic rings. The summed E-state index contributed by atoms with van der Waals surface area (Å²) in [6.45, 7) is -2.66. The Bertz CT molecular complexity index is 242. The van der Waals surface area contributed by atoms with E-state index < -0.39 is 31.0 Å². The third-order valence-electron chi connectivity index (χ3n) is 1.35. The monoisotopic (exact) mass is 268 g/mol. The number of halogens is 10. The molecular formula is C5H2F10O. The van der Waals surface area contributed by atoms with Gasteiger partial charge in [0.2, 0.25) is 0 Å². The van der Waals surface area contributed by atoms with Crippen LogP contribution in [0.25, 0.3) is 0 Å². The largest absolute Gasteiger partial charge is 0.460 e. The summed E-state index contributed by atoms with van der Waals surface area (Å²) in [5.74, 6) is -14.0. The van der Waals surface area contributed by atoms with E-state index in [1.165, 1.54) is 0 Å². The van der Waals surface area contributed by atoms with E-state index in [1.807, 2.05) is 0 Å². The highest BCUT2D eigenvalue weighted by Gasteiger charge is 2.82. The number of ether oxygens (including phenoxy) is 1. The highest BCUT2D eigenvalue weighted by atomic mass is 19.4. The first-order valence-corrected chi connectivity index (χ1v) is 3.21. The summed E-state index contributed by atoms with van der Waals surface area (Å²) in [5, 5.41) is 0. The molecule has 16 heavy (non-hydrogen) atoms. The van der Waals surface area contributed by atoms with Crippen molar-refractivity contribution in [2.75, 3.05) is 6.86 Å². The molecule has 1 nitrogen and oxygen atoms in total. The Kier molecular flexibility index (Phi) is 3.75. The van der Waals surface area contributed by atoms with Gasteiger partial charge in [0.05, 0.1) is 0 Å². The summed E-state index contributed by atoms with van der Waals surface area (Å²) < 4.78 is 120. The number of alkyl halides is 10. The normalized spacial score (nSPS) is 15.4. The lowest BCUT2D eigenvalue weighted by Crippen LogP contribution is -2.61. The second-order valence-corrected chi connectivity index (χ2v) is 2.42. The third kappa shape index (κ3) is 2.18. The fraction of sp³-hybridized carbons (Fsp3) is 1.00. The van der Waals surface area contributed by atoms with Crippen LogP contribution < -0.4 is 0 Å². The summed E-state index contributed by atoms with van der Waals surface area (Å²) >= 11 is 0. The van der Waals surface area contributed by atoms with Gasteiger partial charge in [-0.1, -0.05) is 0 Å². The van der Waals surface area contributed by atoms with Crippen LogP contribution in [0.3, 0.4) is 0 Å².